The molecule has 0 aliphatic carbocycles. The number of benzene rings is 3. The molecule has 1 amide bonds. The van der Waals surface area contributed by atoms with Gasteiger partial charge in [0.05, 0.1) is 10.6 Å². The molecule has 0 radical (unpaired) electrons. The van der Waals surface area contributed by atoms with Gasteiger partial charge in [-0.2, -0.15) is 0 Å². The van der Waals surface area contributed by atoms with Gasteiger partial charge in [0.2, 0.25) is 10.0 Å². The Morgan fingerprint density at radius 2 is 1.64 bits per heavy atom. The molecule has 0 fully saturated rings. The van der Waals surface area contributed by atoms with Crippen LogP contribution in [-0.2, 0) is 32.6 Å². The van der Waals surface area contributed by atoms with E-state index in [2.05, 4.69) is 10.0 Å². The number of sulfonamides is 1. The van der Waals surface area contributed by atoms with Gasteiger partial charge < -0.3 is 10.1 Å². The molecule has 3 aromatic carbocycles. The molecule has 0 aliphatic heterocycles. The average Bonchev–Trinajstić information content (AvgIpc) is 2.81. The zero-order valence-corrected chi connectivity index (χ0v) is 18.8. The highest BCUT2D eigenvalue weighted by Crippen LogP contribution is 2.23. The molecule has 0 bridgehead atoms. The number of halogens is 2. The van der Waals surface area contributed by atoms with Gasteiger partial charge >= 0.3 is 5.97 Å². The maximum Gasteiger partial charge on any atom is 0.338 e. The summed E-state index contributed by atoms with van der Waals surface area (Å²) >= 11 is 6.04. The Balaban J connectivity index is 1.60. The minimum absolute atomic E-state index is 0.0381. The van der Waals surface area contributed by atoms with E-state index in [1.54, 1.807) is 30.3 Å². The Bertz CT molecular complexity index is 1250. The average molecular weight is 491 g/mol. The highest BCUT2D eigenvalue weighted by molar-refractivity contribution is 7.89. The first-order valence-corrected chi connectivity index (χ1v) is 11.6. The van der Waals surface area contributed by atoms with Crippen molar-refractivity contribution in [1.82, 2.24) is 10.0 Å². The third-order valence-corrected chi connectivity index (χ3v) is 6.42. The molecule has 0 spiro atoms. The summed E-state index contributed by atoms with van der Waals surface area (Å²) in [6.45, 7) is -0.653. The fraction of sp³-hybridized carbons (Fsp3) is 0.130. The van der Waals surface area contributed by atoms with Crippen LogP contribution >= 0.6 is 11.6 Å². The van der Waals surface area contributed by atoms with E-state index in [1.807, 2.05) is 6.07 Å². The summed E-state index contributed by atoms with van der Waals surface area (Å²) in [5.41, 5.74) is 0.934. The second kappa shape index (κ2) is 11.0. The lowest BCUT2D eigenvalue weighted by Gasteiger charge is -2.11. The second-order valence-electron chi connectivity index (χ2n) is 6.90. The van der Waals surface area contributed by atoms with E-state index in [1.165, 1.54) is 30.3 Å². The van der Waals surface area contributed by atoms with E-state index >= 15 is 0 Å². The first-order valence-electron chi connectivity index (χ1n) is 9.76. The number of carbonyl (C=O) groups is 2. The molecular formula is C23H20ClFN2O5S. The van der Waals surface area contributed by atoms with Crippen LogP contribution in [0.15, 0.2) is 77.7 Å². The smallest absolute Gasteiger partial charge is 0.338 e. The number of rotatable bonds is 9. The predicted octanol–water partition coefficient (Wildman–Crippen LogP) is 3.43. The number of esters is 1. The zero-order chi connectivity index (χ0) is 23.8. The molecule has 3 aromatic rings. The predicted molar refractivity (Wildman–Crippen MR) is 120 cm³/mol. The largest absolute Gasteiger partial charge is 0.452 e. The highest BCUT2D eigenvalue weighted by atomic mass is 35.5. The highest BCUT2D eigenvalue weighted by Gasteiger charge is 2.21. The first-order chi connectivity index (χ1) is 15.8. The van der Waals surface area contributed by atoms with Crippen molar-refractivity contribution in [2.75, 3.05) is 6.61 Å². The van der Waals surface area contributed by atoms with Crippen molar-refractivity contribution in [3.05, 3.63) is 100 Å². The van der Waals surface area contributed by atoms with Crippen LogP contribution in [0.2, 0.25) is 5.02 Å². The molecule has 0 atom stereocenters. The van der Waals surface area contributed by atoms with E-state index in [9.17, 15) is 22.4 Å². The number of amides is 1. The lowest BCUT2D eigenvalue weighted by molar-refractivity contribution is -0.124. The summed E-state index contributed by atoms with van der Waals surface area (Å²) in [7, 11) is -4.02. The summed E-state index contributed by atoms with van der Waals surface area (Å²) in [6.07, 6.45) is 0. The van der Waals surface area contributed by atoms with E-state index in [4.69, 9.17) is 16.3 Å². The van der Waals surface area contributed by atoms with Crippen LogP contribution < -0.4 is 10.0 Å². The van der Waals surface area contributed by atoms with Gasteiger partial charge in [0.15, 0.2) is 6.61 Å². The van der Waals surface area contributed by atoms with Crippen LogP contribution in [0.3, 0.4) is 0 Å². The molecule has 0 aliphatic rings. The Labute approximate surface area is 195 Å². The van der Waals surface area contributed by atoms with Gasteiger partial charge in [0, 0.05) is 18.7 Å². The Morgan fingerprint density at radius 1 is 0.939 bits per heavy atom. The summed E-state index contributed by atoms with van der Waals surface area (Å²) in [5.74, 6) is -2.02. The standard InChI is InChI=1S/C23H20ClFN2O5S/c24-19-11-10-17(12-21(19)33(30,31)27-13-16-6-2-1-3-7-16)23(29)32-15-22(28)26-14-18-8-4-5-9-20(18)25/h1-12,27H,13-15H2,(H,26,28). The fourth-order valence-corrected chi connectivity index (χ4v) is 4.33. The van der Waals surface area contributed by atoms with E-state index < -0.39 is 34.3 Å². The lowest BCUT2D eigenvalue weighted by atomic mass is 10.2. The van der Waals surface area contributed by atoms with Crippen LogP contribution in [0, 0.1) is 5.82 Å². The summed E-state index contributed by atoms with van der Waals surface area (Å²) < 4.78 is 46.3. The second-order valence-corrected chi connectivity index (χ2v) is 9.04. The van der Waals surface area contributed by atoms with Gasteiger partial charge in [0.1, 0.15) is 10.7 Å². The molecule has 2 N–H and O–H groups in total. The summed E-state index contributed by atoms with van der Waals surface area (Å²) in [4.78, 5) is 24.0. The zero-order valence-electron chi connectivity index (χ0n) is 17.3. The summed E-state index contributed by atoms with van der Waals surface area (Å²) in [5, 5.41) is 2.37. The van der Waals surface area contributed by atoms with E-state index in [-0.39, 0.29) is 34.1 Å². The monoisotopic (exact) mass is 490 g/mol. The van der Waals surface area contributed by atoms with Crippen molar-refractivity contribution in [2.45, 2.75) is 18.0 Å². The number of hydrogen-bond acceptors (Lipinski definition) is 5. The third kappa shape index (κ3) is 6.85. The van der Waals surface area contributed by atoms with Gasteiger partial charge in [-0.3, -0.25) is 4.79 Å². The third-order valence-electron chi connectivity index (χ3n) is 4.53. The van der Waals surface area contributed by atoms with Crippen LogP contribution in [0.4, 0.5) is 4.39 Å². The quantitative estimate of drug-likeness (QED) is 0.447. The minimum atomic E-state index is -4.02. The van der Waals surface area contributed by atoms with Gasteiger partial charge in [-0.25, -0.2) is 22.3 Å². The minimum Gasteiger partial charge on any atom is -0.452 e. The molecule has 0 saturated heterocycles. The van der Waals surface area contributed by atoms with Crippen molar-refractivity contribution in [1.29, 1.82) is 0 Å². The topological polar surface area (TPSA) is 102 Å². The van der Waals surface area contributed by atoms with Crippen molar-refractivity contribution in [3.63, 3.8) is 0 Å². The molecule has 0 heterocycles. The Hall–Kier alpha value is -3.27. The fourth-order valence-electron chi connectivity index (χ4n) is 2.79. The SMILES string of the molecule is O=C(COC(=O)c1ccc(Cl)c(S(=O)(=O)NCc2ccccc2)c1)NCc1ccccc1F. The van der Waals surface area contributed by atoms with E-state index in [0.717, 1.165) is 11.6 Å². The number of carbonyl (C=O) groups excluding carboxylic acids is 2. The molecule has 172 valence electrons. The van der Waals surface area contributed by atoms with Gasteiger partial charge in [0.25, 0.3) is 5.91 Å². The van der Waals surface area contributed by atoms with Crippen molar-refractivity contribution in [2.24, 2.45) is 0 Å². The van der Waals surface area contributed by atoms with Crippen LogP contribution in [0.1, 0.15) is 21.5 Å². The van der Waals surface area contributed by atoms with Crippen molar-refractivity contribution >= 4 is 33.5 Å². The summed E-state index contributed by atoms with van der Waals surface area (Å²) in [6, 6.07) is 18.5. The van der Waals surface area contributed by atoms with Gasteiger partial charge in [-0.05, 0) is 29.8 Å². The van der Waals surface area contributed by atoms with Gasteiger partial charge in [-0.15, -0.1) is 0 Å². The molecule has 3 rings (SSSR count). The van der Waals surface area contributed by atoms with Crippen molar-refractivity contribution < 1.29 is 27.1 Å². The number of hydrogen-bond donors (Lipinski definition) is 2. The number of ether oxygens (including phenoxy) is 1. The molecule has 7 nitrogen and oxygen atoms in total. The van der Waals surface area contributed by atoms with Gasteiger partial charge in [-0.1, -0.05) is 60.1 Å². The van der Waals surface area contributed by atoms with Crippen molar-refractivity contribution in [3.8, 4) is 0 Å². The van der Waals surface area contributed by atoms with E-state index in [0.29, 0.717) is 0 Å². The van der Waals surface area contributed by atoms with Crippen LogP contribution in [0.25, 0.3) is 0 Å². The molecule has 33 heavy (non-hydrogen) atoms. The molecule has 0 unspecified atom stereocenters. The van der Waals surface area contributed by atoms with Crippen LogP contribution in [0.5, 0.6) is 0 Å². The molecular weight excluding hydrogens is 471 g/mol. The Morgan fingerprint density at radius 3 is 2.36 bits per heavy atom. The van der Waals surface area contributed by atoms with Crippen LogP contribution in [-0.4, -0.2) is 26.9 Å². The Kier molecular flexibility index (Phi) is 8.16. The molecule has 0 saturated carbocycles. The number of nitrogens with one attached hydrogen (secondary N) is 2. The molecule has 0 aromatic heterocycles. The lowest BCUT2D eigenvalue weighted by Crippen LogP contribution is -2.28. The normalized spacial score (nSPS) is 11.1. The maximum atomic E-state index is 13.6. The molecule has 10 heteroatoms. The first kappa shape index (κ1) is 24.4. The maximum absolute atomic E-state index is 13.6.